The van der Waals surface area contributed by atoms with Gasteiger partial charge in [-0.3, -0.25) is 0 Å². The number of aliphatic imine (C=N–C) groups is 1. The van der Waals surface area contributed by atoms with Crippen LogP contribution in [-0.2, 0) is 12.0 Å². The van der Waals surface area contributed by atoms with Crippen LogP contribution in [0, 0.1) is 0 Å². The summed E-state index contributed by atoms with van der Waals surface area (Å²) in [6, 6.07) is 18.0. The molecule has 1 saturated carbocycles. The lowest BCUT2D eigenvalue weighted by atomic mass is 9.64. The van der Waals surface area contributed by atoms with Gasteiger partial charge >= 0.3 is 0 Å². The third kappa shape index (κ3) is 4.32. The van der Waals surface area contributed by atoms with Crippen molar-refractivity contribution in [3.05, 3.63) is 65.7 Å². The molecule has 2 aromatic carbocycles. The Balaban J connectivity index is 1.65. The molecule has 1 fully saturated rings. The van der Waals surface area contributed by atoms with E-state index in [9.17, 15) is 5.11 Å². The molecule has 1 aliphatic rings. The summed E-state index contributed by atoms with van der Waals surface area (Å²) in [4.78, 5) is 4.68. The lowest BCUT2D eigenvalue weighted by molar-refractivity contribution is 0.244. The molecule has 1 aliphatic carbocycles. The first-order valence-corrected chi connectivity index (χ1v) is 9.07. The molecule has 0 heterocycles. The third-order valence-corrected chi connectivity index (χ3v) is 4.99. The first-order valence-electron chi connectivity index (χ1n) is 9.07. The molecule has 0 saturated heterocycles. The first-order chi connectivity index (χ1) is 12.2. The number of hydrogen-bond donors (Lipinski definition) is 3. The third-order valence-electron chi connectivity index (χ3n) is 4.99. The second-order valence-corrected chi connectivity index (χ2v) is 6.72. The van der Waals surface area contributed by atoms with Crippen molar-refractivity contribution >= 4 is 5.96 Å². The van der Waals surface area contributed by atoms with E-state index in [0.717, 1.165) is 24.6 Å². The van der Waals surface area contributed by atoms with E-state index < -0.39 is 0 Å². The average Bonchev–Trinajstić information content (AvgIpc) is 2.61. The van der Waals surface area contributed by atoms with Crippen LogP contribution in [-0.4, -0.2) is 24.2 Å². The molecule has 0 bridgehead atoms. The molecule has 25 heavy (non-hydrogen) atoms. The highest BCUT2D eigenvalue weighted by atomic mass is 16.3. The predicted molar refractivity (Wildman–Crippen MR) is 103 cm³/mol. The van der Waals surface area contributed by atoms with Crippen LogP contribution in [0.25, 0.3) is 0 Å². The number of nitrogens with zero attached hydrogens (tertiary/aromatic N) is 1. The van der Waals surface area contributed by atoms with Crippen molar-refractivity contribution in [3.8, 4) is 5.75 Å². The minimum Gasteiger partial charge on any atom is -0.508 e. The second-order valence-electron chi connectivity index (χ2n) is 6.72. The summed E-state index contributed by atoms with van der Waals surface area (Å²) in [7, 11) is 0. The number of phenolic OH excluding ortho intramolecular Hbond substituents is 1. The fraction of sp³-hybridized carbons (Fsp3) is 0.381. The molecule has 3 N–H and O–H groups in total. The summed E-state index contributed by atoms with van der Waals surface area (Å²) < 4.78 is 0. The number of hydrogen-bond acceptors (Lipinski definition) is 2. The Morgan fingerprint density at radius 3 is 2.36 bits per heavy atom. The van der Waals surface area contributed by atoms with Gasteiger partial charge in [0.15, 0.2) is 5.96 Å². The van der Waals surface area contributed by atoms with E-state index in [1.165, 1.54) is 24.8 Å². The highest BCUT2D eigenvalue weighted by Crippen LogP contribution is 2.43. The van der Waals surface area contributed by atoms with E-state index in [-0.39, 0.29) is 11.2 Å². The number of benzene rings is 2. The highest BCUT2D eigenvalue weighted by Gasteiger charge is 2.38. The van der Waals surface area contributed by atoms with Crippen molar-refractivity contribution in [2.75, 3.05) is 13.1 Å². The molecule has 0 spiro atoms. The standard InChI is InChI=1S/C21H27N3O/c1-2-22-20(23-15-17-9-11-19(25)12-10-17)24-16-21(13-6-14-21)18-7-4-3-5-8-18/h3-5,7-12,25H,2,6,13-16H2,1H3,(H2,22,23,24). The van der Waals surface area contributed by atoms with E-state index in [1.807, 2.05) is 12.1 Å². The summed E-state index contributed by atoms with van der Waals surface area (Å²) in [6.07, 6.45) is 3.74. The molecule has 0 atom stereocenters. The molecule has 0 aromatic heterocycles. The number of aromatic hydroxyl groups is 1. The van der Waals surface area contributed by atoms with Gasteiger partial charge in [-0.05, 0) is 43.0 Å². The van der Waals surface area contributed by atoms with Gasteiger partial charge in [-0.15, -0.1) is 0 Å². The Hall–Kier alpha value is -2.49. The normalized spacial score (nSPS) is 16.1. The molecule has 2 aromatic rings. The van der Waals surface area contributed by atoms with E-state index in [0.29, 0.717) is 6.54 Å². The van der Waals surface area contributed by atoms with Gasteiger partial charge in [0.25, 0.3) is 0 Å². The Labute approximate surface area is 150 Å². The SMILES string of the molecule is CCNC(=NCc1ccc(O)cc1)NCC1(c2ccccc2)CCC1. The van der Waals surface area contributed by atoms with Gasteiger partial charge in [0.1, 0.15) is 5.75 Å². The molecular weight excluding hydrogens is 310 g/mol. The summed E-state index contributed by atoms with van der Waals surface area (Å²) in [5.41, 5.74) is 2.73. The fourth-order valence-electron chi connectivity index (χ4n) is 3.33. The van der Waals surface area contributed by atoms with E-state index in [2.05, 4.69) is 52.9 Å². The lowest BCUT2D eigenvalue weighted by Gasteiger charge is -2.43. The van der Waals surface area contributed by atoms with Crippen molar-refractivity contribution in [1.82, 2.24) is 10.6 Å². The van der Waals surface area contributed by atoms with Crippen molar-refractivity contribution in [3.63, 3.8) is 0 Å². The van der Waals surface area contributed by atoms with Gasteiger partial charge in [-0.1, -0.05) is 48.9 Å². The zero-order valence-electron chi connectivity index (χ0n) is 14.8. The molecule has 132 valence electrons. The quantitative estimate of drug-likeness (QED) is 0.558. The van der Waals surface area contributed by atoms with Crippen molar-refractivity contribution in [2.24, 2.45) is 4.99 Å². The van der Waals surface area contributed by atoms with Crippen LogP contribution in [0.5, 0.6) is 5.75 Å². The number of phenols is 1. The molecule has 0 radical (unpaired) electrons. The number of rotatable bonds is 6. The Morgan fingerprint density at radius 1 is 1.04 bits per heavy atom. The molecule has 0 aliphatic heterocycles. The van der Waals surface area contributed by atoms with Crippen molar-refractivity contribution in [2.45, 2.75) is 38.1 Å². The number of nitrogens with one attached hydrogen (secondary N) is 2. The summed E-state index contributed by atoms with van der Waals surface area (Å²) >= 11 is 0. The zero-order valence-corrected chi connectivity index (χ0v) is 14.8. The molecule has 0 unspecified atom stereocenters. The Morgan fingerprint density at radius 2 is 1.76 bits per heavy atom. The fourth-order valence-corrected chi connectivity index (χ4v) is 3.33. The lowest BCUT2D eigenvalue weighted by Crippen LogP contribution is -2.48. The van der Waals surface area contributed by atoms with Crippen molar-refractivity contribution in [1.29, 1.82) is 0 Å². The van der Waals surface area contributed by atoms with E-state index >= 15 is 0 Å². The van der Waals surface area contributed by atoms with Gasteiger partial charge in [0.05, 0.1) is 6.54 Å². The first kappa shape index (κ1) is 17.3. The van der Waals surface area contributed by atoms with Crippen LogP contribution >= 0.6 is 0 Å². The van der Waals surface area contributed by atoms with Gasteiger partial charge in [0.2, 0.25) is 0 Å². The second kappa shape index (κ2) is 8.06. The highest BCUT2D eigenvalue weighted by molar-refractivity contribution is 5.79. The van der Waals surface area contributed by atoms with Gasteiger partial charge < -0.3 is 15.7 Å². The zero-order chi connectivity index (χ0) is 17.5. The Bertz CT molecular complexity index is 691. The topological polar surface area (TPSA) is 56.7 Å². The van der Waals surface area contributed by atoms with Crippen LogP contribution in [0.1, 0.15) is 37.3 Å². The maximum Gasteiger partial charge on any atom is 0.191 e. The maximum atomic E-state index is 9.37. The molecule has 4 heteroatoms. The predicted octanol–water partition coefficient (Wildman–Crippen LogP) is 3.57. The largest absolute Gasteiger partial charge is 0.508 e. The smallest absolute Gasteiger partial charge is 0.191 e. The molecular formula is C21H27N3O. The van der Waals surface area contributed by atoms with Crippen LogP contribution in [0.2, 0.25) is 0 Å². The average molecular weight is 337 g/mol. The van der Waals surface area contributed by atoms with Crippen LogP contribution < -0.4 is 10.6 Å². The van der Waals surface area contributed by atoms with Gasteiger partial charge in [0, 0.05) is 18.5 Å². The van der Waals surface area contributed by atoms with E-state index in [1.54, 1.807) is 12.1 Å². The molecule has 0 amide bonds. The Kier molecular flexibility index (Phi) is 5.59. The molecule has 4 nitrogen and oxygen atoms in total. The summed E-state index contributed by atoms with van der Waals surface area (Å²) in [5.74, 6) is 1.13. The van der Waals surface area contributed by atoms with Crippen LogP contribution in [0.3, 0.4) is 0 Å². The maximum absolute atomic E-state index is 9.37. The van der Waals surface area contributed by atoms with Gasteiger partial charge in [-0.25, -0.2) is 4.99 Å². The monoisotopic (exact) mass is 337 g/mol. The minimum atomic E-state index is 0.232. The summed E-state index contributed by atoms with van der Waals surface area (Å²) in [5, 5.41) is 16.2. The van der Waals surface area contributed by atoms with Crippen LogP contribution in [0.4, 0.5) is 0 Å². The molecule has 3 rings (SSSR count). The van der Waals surface area contributed by atoms with Crippen LogP contribution in [0.15, 0.2) is 59.6 Å². The number of guanidine groups is 1. The summed E-state index contributed by atoms with van der Waals surface area (Å²) in [6.45, 7) is 4.40. The minimum absolute atomic E-state index is 0.232. The van der Waals surface area contributed by atoms with E-state index in [4.69, 9.17) is 0 Å². The van der Waals surface area contributed by atoms with Crippen molar-refractivity contribution < 1.29 is 5.11 Å². The van der Waals surface area contributed by atoms with Gasteiger partial charge in [-0.2, -0.15) is 0 Å².